The second-order valence-corrected chi connectivity index (χ2v) is 7.02. The number of nitrogens with one attached hydrogen (secondary N) is 2. The van der Waals surface area contributed by atoms with Crippen molar-refractivity contribution in [2.24, 2.45) is 0 Å². The van der Waals surface area contributed by atoms with Crippen LogP contribution >= 0.6 is 0 Å². The van der Waals surface area contributed by atoms with Crippen molar-refractivity contribution in [2.45, 2.75) is 38.5 Å². The molecule has 1 fully saturated rings. The van der Waals surface area contributed by atoms with Gasteiger partial charge in [0.1, 0.15) is 11.4 Å². The van der Waals surface area contributed by atoms with E-state index in [1.165, 1.54) is 19.1 Å². The molecule has 0 bridgehead atoms. The second kappa shape index (κ2) is 9.25. The number of anilines is 1. The molecule has 0 aliphatic heterocycles. The van der Waals surface area contributed by atoms with E-state index in [1.54, 1.807) is 19.2 Å². The average molecular weight is 413 g/mol. The van der Waals surface area contributed by atoms with E-state index in [0.717, 1.165) is 24.5 Å². The first-order valence-electron chi connectivity index (χ1n) is 9.54. The molecule has 0 aromatic heterocycles. The fourth-order valence-corrected chi connectivity index (χ4v) is 2.74. The van der Waals surface area contributed by atoms with Gasteiger partial charge in [0, 0.05) is 18.7 Å². The first-order chi connectivity index (χ1) is 14.4. The van der Waals surface area contributed by atoms with Crippen LogP contribution < -0.4 is 15.4 Å². The highest BCUT2D eigenvalue weighted by Gasteiger charge is 2.26. The van der Waals surface area contributed by atoms with E-state index < -0.39 is 22.9 Å². The Morgan fingerprint density at radius 1 is 1.20 bits per heavy atom. The summed E-state index contributed by atoms with van der Waals surface area (Å²) in [6, 6.07) is 11.5. The summed E-state index contributed by atoms with van der Waals surface area (Å²) in [5.74, 6) is -0.566. The molecule has 9 heteroatoms. The van der Waals surface area contributed by atoms with E-state index in [-0.39, 0.29) is 23.8 Å². The Bertz CT molecular complexity index is 940. The molecular weight excluding hydrogens is 390 g/mol. The standard InChI is InChI=1S/C21H23N3O6/c1-13(20(25)22-12-14-3-8-17(29-2)9-4-14)30-21(26)15-5-10-18(23-16-6-7-16)19(11-15)24(27)28/h3-5,8-11,13,16,23H,6-7,12H2,1-2H3,(H,22,25)/t13-/m1/s1. The van der Waals surface area contributed by atoms with Gasteiger partial charge in [0.25, 0.3) is 11.6 Å². The molecule has 30 heavy (non-hydrogen) atoms. The van der Waals surface area contributed by atoms with E-state index in [2.05, 4.69) is 10.6 Å². The summed E-state index contributed by atoms with van der Waals surface area (Å²) >= 11 is 0. The van der Waals surface area contributed by atoms with Crippen LogP contribution in [0.15, 0.2) is 42.5 Å². The summed E-state index contributed by atoms with van der Waals surface area (Å²) in [6.45, 7) is 1.70. The molecule has 1 saturated carbocycles. The van der Waals surface area contributed by atoms with Crippen LogP contribution in [-0.4, -0.2) is 36.1 Å². The molecule has 0 unspecified atom stereocenters. The summed E-state index contributed by atoms with van der Waals surface area (Å²) in [6.07, 6.45) is 0.868. The number of carbonyl (C=O) groups excluding carboxylic acids is 2. The number of hydrogen-bond acceptors (Lipinski definition) is 7. The zero-order valence-corrected chi connectivity index (χ0v) is 16.7. The van der Waals surface area contributed by atoms with Crippen molar-refractivity contribution in [1.29, 1.82) is 0 Å². The van der Waals surface area contributed by atoms with Crippen LogP contribution in [-0.2, 0) is 16.1 Å². The normalized spacial score (nSPS) is 13.8. The van der Waals surface area contributed by atoms with Crippen LogP contribution in [0.2, 0.25) is 0 Å². The van der Waals surface area contributed by atoms with Gasteiger partial charge in [-0.05, 0) is 49.6 Å². The van der Waals surface area contributed by atoms with E-state index in [0.29, 0.717) is 11.4 Å². The van der Waals surface area contributed by atoms with Gasteiger partial charge in [-0.15, -0.1) is 0 Å². The zero-order valence-electron chi connectivity index (χ0n) is 16.7. The van der Waals surface area contributed by atoms with Crippen molar-refractivity contribution in [3.8, 4) is 5.75 Å². The first kappa shape index (κ1) is 21.1. The van der Waals surface area contributed by atoms with Crippen LogP contribution in [0.3, 0.4) is 0 Å². The lowest BCUT2D eigenvalue weighted by atomic mass is 10.1. The molecule has 158 valence electrons. The summed E-state index contributed by atoms with van der Waals surface area (Å²) in [4.78, 5) is 35.4. The predicted octanol–water partition coefficient (Wildman–Crippen LogP) is 3.04. The Labute approximate surface area is 173 Å². The number of esters is 1. The number of ether oxygens (including phenoxy) is 2. The van der Waals surface area contributed by atoms with Crippen molar-refractivity contribution in [3.63, 3.8) is 0 Å². The van der Waals surface area contributed by atoms with Gasteiger partial charge in [-0.1, -0.05) is 12.1 Å². The Balaban J connectivity index is 1.57. The third kappa shape index (κ3) is 5.47. The molecule has 1 aliphatic rings. The Morgan fingerprint density at radius 2 is 1.90 bits per heavy atom. The Kier molecular flexibility index (Phi) is 6.51. The van der Waals surface area contributed by atoms with E-state index in [9.17, 15) is 19.7 Å². The molecular formula is C21H23N3O6. The quantitative estimate of drug-likeness (QED) is 0.368. The molecule has 2 N–H and O–H groups in total. The first-order valence-corrected chi connectivity index (χ1v) is 9.54. The van der Waals surface area contributed by atoms with Gasteiger partial charge in [0.05, 0.1) is 17.6 Å². The number of hydrogen-bond donors (Lipinski definition) is 2. The van der Waals surface area contributed by atoms with Crippen molar-refractivity contribution in [1.82, 2.24) is 5.32 Å². The molecule has 1 atom stereocenters. The van der Waals surface area contributed by atoms with Gasteiger partial charge in [0.15, 0.2) is 6.10 Å². The highest BCUT2D eigenvalue weighted by atomic mass is 16.6. The molecule has 0 radical (unpaired) electrons. The smallest absolute Gasteiger partial charge is 0.339 e. The lowest BCUT2D eigenvalue weighted by molar-refractivity contribution is -0.384. The zero-order chi connectivity index (χ0) is 21.7. The van der Waals surface area contributed by atoms with Crippen LogP contribution in [0.4, 0.5) is 11.4 Å². The molecule has 3 rings (SSSR count). The molecule has 1 aliphatic carbocycles. The molecule has 0 spiro atoms. The molecule has 1 amide bonds. The van der Waals surface area contributed by atoms with Crippen molar-refractivity contribution < 1.29 is 24.0 Å². The largest absolute Gasteiger partial charge is 0.497 e. The molecule has 9 nitrogen and oxygen atoms in total. The third-order valence-electron chi connectivity index (χ3n) is 4.65. The number of amides is 1. The number of nitrogens with zero attached hydrogens (tertiary/aromatic N) is 1. The number of benzene rings is 2. The Morgan fingerprint density at radius 3 is 2.50 bits per heavy atom. The summed E-state index contributed by atoms with van der Waals surface area (Å²) < 4.78 is 10.3. The van der Waals surface area contributed by atoms with Gasteiger partial charge in [-0.25, -0.2) is 4.79 Å². The second-order valence-electron chi connectivity index (χ2n) is 7.02. The lowest BCUT2D eigenvalue weighted by Crippen LogP contribution is -2.35. The van der Waals surface area contributed by atoms with Crippen LogP contribution in [0.1, 0.15) is 35.7 Å². The van der Waals surface area contributed by atoms with Crippen molar-refractivity contribution in [2.75, 3.05) is 12.4 Å². The third-order valence-corrected chi connectivity index (χ3v) is 4.65. The van der Waals surface area contributed by atoms with Gasteiger partial charge < -0.3 is 20.1 Å². The number of nitro benzene ring substituents is 1. The number of nitro groups is 1. The predicted molar refractivity (Wildman–Crippen MR) is 109 cm³/mol. The molecule has 2 aromatic carbocycles. The molecule has 2 aromatic rings. The number of rotatable bonds is 9. The topological polar surface area (TPSA) is 120 Å². The van der Waals surface area contributed by atoms with Gasteiger partial charge in [0.2, 0.25) is 0 Å². The van der Waals surface area contributed by atoms with E-state index in [4.69, 9.17) is 9.47 Å². The van der Waals surface area contributed by atoms with Gasteiger partial charge in [-0.3, -0.25) is 14.9 Å². The maximum Gasteiger partial charge on any atom is 0.339 e. The van der Waals surface area contributed by atoms with E-state index in [1.807, 2.05) is 12.1 Å². The van der Waals surface area contributed by atoms with Gasteiger partial charge >= 0.3 is 5.97 Å². The Hall–Kier alpha value is -3.62. The minimum Gasteiger partial charge on any atom is -0.497 e. The average Bonchev–Trinajstić information content (AvgIpc) is 3.56. The minimum atomic E-state index is -1.06. The summed E-state index contributed by atoms with van der Waals surface area (Å²) in [5, 5.41) is 17.1. The van der Waals surface area contributed by atoms with Crippen LogP contribution in [0.5, 0.6) is 5.75 Å². The highest BCUT2D eigenvalue weighted by Crippen LogP contribution is 2.31. The van der Waals surface area contributed by atoms with Crippen LogP contribution in [0.25, 0.3) is 0 Å². The fourth-order valence-electron chi connectivity index (χ4n) is 2.74. The maximum atomic E-state index is 12.4. The van der Waals surface area contributed by atoms with E-state index >= 15 is 0 Å². The van der Waals surface area contributed by atoms with Crippen molar-refractivity contribution in [3.05, 3.63) is 63.7 Å². The molecule has 0 saturated heterocycles. The minimum absolute atomic E-state index is 0.0119. The van der Waals surface area contributed by atoms with Gasteiger partial charge in [-0.2, -0.15) is 0 Å². The summed E-state index contributed by atoms with van der Waals surface area (Å²) in [5.41, 5.74) is 1.03. The SMILES string of the molecule is COc1ccc(CNC(=O)[C@@H](C)OC(=O)c2ccc(NC3CC3)c([N+](=O)[O-])c2)cc1. The molecule has 0 heterocycles. The number of carbonyl (C=O) groups is 2. The lowest BCUT2D eigenvalue weighted by Gasteiger charge is -2.14. The fraction of sp³-hybridized carbons (Fsp3) is 0.333. The van der Waals surface area contributed by atoms with Crippen LogP contribution in [0, 0.1) is 10.1 Å². The number of methoxy groups -OCH3 is 1. The van der Waals surface area contributed by atoms with Crippen molar-refractivity contribution >= 4 is 23.3 Å². The summed E-state index contributed by atoms with van der Waals surface area (Å²) in [7, 11) is 1.57. The monoisotopic (exact) mass is 413 g/mol. The highest BCUT2D eigenvalue weighted by molar-refractivity contribution is 5.93. The maximum absolute atomic E-state index is 12.4.